The lowest BCUT2D eigenvalue weighted by Gasteiger charge is -2.25. The van der Waals surface area contributed by atoms with Gasteiger partial charge in [-0.15, -0.1) is 11.8 Å². The fourth-order valence-corrected chi connectivity index (χ4v) is 6.11. The molecule has 0 saturated carbocycles. The van der Waals surface area contributed by atoms with Gasteiger partial charge in [0, 0.05) is 20.3 Å². The van der Waals surface area contributed by atoms with Gasteiger partial charge in [0.15, 0.2) is 0 Å². The minimum atomic E-state index is 0.0893. The summed E-state index contributed by atoms with van der Waals surface area (Å²) >= 11 is 3.83. The summed E-state index contributed by atoms with van der Waals surface area (Å²) in [6.07, 6.45) is 2.36. The topological polar surface area (TPSA) is 0 Å². The predicted molar refractivity (Wildman–Crippen MR) is 161 cm³/mol. The standard InChI is InChI=1S/C34H38S2/c1-6-7-26-10-18-31(19-11-26)34(4,5)35-24-27-8-12-29(13-9-27)30-16-22-33(23-17-30)36-32-20-14-28(15-21-32)25(2)3/h8-23,25H,6-7,24H2,1-5H3. The first-order chi connectivity index (χ1) is 17.3. The van der Waals surface area contributed by atoms with Gasteiger partial charge in [0.1, 0.15) is 0 Å². The first kappa shape index (κ1) is 26.6. The molecule has 186 valence electrons. The smallest absolute Gasteiger partial charge is 0.0355 e. The first-order valence-electron chi connectivity index (χ1n) is 13.0. The van der Waals surface area contributed by atoms with Gasteiger partial charge in [0.2, 0.25) is 0 Å². The first-order valence-corrected chi connectivity index (χ1v) is 14.8. The Morgan fingerprint density at radius 1 is 0.639 bits per heavy atom. The largest absolute Gasteiger partial charge is 0.146 e. The van der Waals surface area contributed by atoms with Crippen LogP contribution in [0, 0.1) is 0 Å². The van der Waals surface area contributed by atoms with Crippen molar-refractivity contribution in [3.8, 4) is 11.1 Å². The molecule has 4 aromatic carbocycles. The molecule has 0 N–H and O–H groups in total. The van der Waals surface area contributed by atoms with Crippen LogP contribution in [0.15, 0.2) is 107 Å². The maximum atomic E-state index is 2.33. The number of thioether (sulfide) groups is 1. The maximum absolute atomic E-state index is 2.33. The van der Waals surface area contributed by atoms with Gasteiger partial charge in [-0.05, 0) is 83.8 Å². The summed E-state index contributed by atoms with van der Waals surface area (Å²) in [5, 5.41) is 0. The summed E-state index contributed by atoms with van der Waals surface area (Å²) in [6, 6.07) is 36.2. The number of rotatable bonds is 10. The SMILES string of the molecule is CCCc1ccc(C(C)(C)SCc2ccc(-c3ccc(Sc4ccc(C(C)C)cc4)cc3)cc2)cc1. The van der Waals surface area contributed by atoms with Crippen LogP contribution in [-0.2, 0) is 16.9 Å². The average molecular weight is 511 g/mol. The van der Waals surface area contributed by atoms with E-state index in [1.807, 2.05) is 23.5 Å². The molecule has 0 aliphatic carbocycles. The third-order valence-electron chi connectivity index (χ3n) is 6.71. The minimum absolute atomic E-state index is 0.0893. The Hall–Kier alpha value is -2.42. The fourth-order valence-electron chi connectivity index (χ4n) is 4.27. The lowest BCUT2D eigenvalue weighted by Crippen LogP contribution is -2.12. The van der Waals surface area contributed by atoms with E-state index in [1.165, 1.54) is 49.6 Å². The van der Waals surface area contributed by atoms with Crippen LogP contribution in [0.2, 0.25) is 0 Å². The van der Waals surface area contributed by atoms with E-state index in [1.54, 1.807) is 0 Å². The van der Waals surface area contributed by atoms with Gasteiger partial charge in [0.25, 0.3) is 0 Å². The molecular formula is C34H38S2. The molecule has 0 unspecified atom stereocenters. The molecule has 0 radical (unpaired) electrons. The molecule has 0 nitrogen and oxygen atoms in total. The monoisotopic (exact) mass is 510 g/mol. The second kappa shape index (κ2) is 12.2. The molecule has 0 fully saturated rings. The summed E-state index contributed by atoms with van der Waals surface area (Å²) in [6.45, 7) is 11.4. The van der Waals surface area contributed by atoms with Crippen molar-refractivity contribution in [1.82, 2.24) is 0 Å². The van der Waals surface area contributed by atoms with Crippen molar-refractivity contribution in [3.05, 3.63) is 119 Å². The summed E-state index contributed by atoms with van der Waals surface area (Å²) in [7, 11) is 0. The van der Waals surface area contributed by atoms with Crippen LogP contribution < -0.4 is 0 Å². The Bertz CT molecular complexity index is 1220. The third-order valence-corrected chi connectivity index (χ3v) is 9.16. The lowest BCUT2D eigenvalue weighted by molar-refractivity contribution is 0.779. The zero-order valence-electron chi connectivity index (χ0n) is 22.3. The van der Waals surface area contributed by atoms with Crippen LogP contribution >= 0.6 is 23.5 Å². The maximum Gasteiger partial charge on any atom is 0.0355 e. The number of hydrogen-bond donors (Lipinski definition) is 0. The average Bonchev–Trinajstić information content (AvgIpc) is 2.89. The normalized spacial score (nSPS) is 11.7. The molecular weight excluding hydrogens is 473 g/mol. The summed E-state index contributed by atoms with van der Waals surface area (Å²) < 4.78 is 0.0893. The van der Waals surface area contributed by atoms with Gasteiger partial charge in [-0.25, -0.2) is 0 Å². The predicted octanol–water partition coefficient (Wildman–Crippen LogP) is 10.7. The quantitative estimate of drug-likeness (QED) is 0.208. The van der Waals surface area contributed by atoms with E-state index >= 15 is 0 Å². The Kier molecular flexibility index (Phi) is 9.04. The molecule has 0 aromatic heterocycles. The molecule has 0 heterocycles. The molecule has 0 aliphatic heterocycles. The summed E-state index contributed by atoms with van der Waals surface area (Å²) in [4.78, 5) is 2.56. The van der Waals surface area contributed by atoms with Gasteiger partial charge in [-0.2, -0.15) is 0 Å². The van der Waals surface area contributed by atoms with Crippen molar-refractivity contribution in [1.29, 1.82) is 0 Å². The van der Waals surface area contributed by atoms with Crippen molar-refractivity contribution >= 4 is 23.5 Å². The Labute approximate surface area is 226 Å². The van der Waals surface area contributed by atoms with Gasteiger partial charge in [0.05, 0.1) is 0 Å². The van der Waals surface area contributed by atoms with E-state index in [0.29, 0.717) is 5.92 Å². The van der Waals surface area contributed by atoms with Crippen LogP contribution in [0.4, 0.5) is 0 Å². The minimum Gasteiger partial charge on any atom is -0.146 e. The van der Waals surface area contributed by atoms with Crippen molar-refractivity contribution in [2.75, 3.05) is 0 Å². The summed E-state index contributed by atoms with van der Waals surface area (Å²) in [5.41, 5.74) is 8.13. The molecule has 0 atom stereocenters. The third kappa shape index (κ3) is 7.08. The summed E-state index contributed by atoms with van der Waals surface area (Å²) in [5.74, 6) is 1.58. The molecule has 4 rings (SSSR count). The fraction of sp³-hybridized carbons (Fsp3) is 0.294. The number of benzene rings is 4. The van der Waals surface area contributed by atoms with E-state index in [0.717, 1.165) is 12.2 Å². The van der Waals surface area contributed by atoms with E-state index in [4.69, 9.17) is 0 Å². The Morgan fingerprint density at radius 3 is 1.67 bits per heavy atom. The molecule has 0 saturated heterocycles. The second-order valence-corrected chi connectivity index (χ2v) is 13.0. The van der Waals surface area contributed by atoms with Gasteiger partial charge in [-0.1, -0.05) is 112 Å². The number of hydrogen-bond acceptors (Lipinski definition) is 2. The second-order valence-electron chi connectivity index (χ2n) is 10.3. The highest BCUT2D eigenvalue weighted by Crippen LogP contribution is 2.38. The molecule has 0 amide bonds. The van der Waals surface area contributed by atoms with Gasteiger partial charge in [-0.3, -0.25) is 0 Å². The van der Waals surface area contributed by atoms with Crippen molar-refractivity contribution in [3.63, 3.8) is 0 Å². The van der Waals surface area contributed by atoms with E-state index in [2.05, 4.69) is 132 Å². The van der Waals surface area contributed by atoms with E-state index < -0.39 is 0 Å². The zero-order valence-corrected chi connectivity index (χ0v) is 23.9. The van der Waals surface area contributed by atoms with Crippen LogP contribution in [0.5, 0.6) is 0 Å². The van der Waals surface area contributed by atoms with Gasteiger partial charge >= 0.3 is 0 Å². The van der Waals surface area contributed by atoms with Gasteiger partial charge < -0.3 is 0 Å². The van der Waals surface area contributed by atoms with E-state index in [-0.39, 0.29) is 4.75 Å². The Morgan fingerprint density at radius 2 is 1.14 bits per heavy atom. The highest BCUT2D eigenvalue weighted by atomic mass is 32.2. The molecule has 0 bridgehead atoms. The van der Waals surface area contributed by atoms with Crippen LogP contribution in [-0.4, -0.2) is 0 Å². The Balaban J connectivity index is 1.34. The molecule has 2 heteroatoms. The van der Waals surface area contributed by atoms with Crippen LogP contribution in [0.1, 0.15) is 69.2 Å². The molecule has 36 heavy (non-hydrogen) atoms. The van der Waals surface area contributed by atoms with Crippen molar-refractivity contribution in [2.24, 2.45) is 0 Å². The van der Waals surface area contributed by atoms with Crippen LogP contribution in [0.25, 0.3) is 11.1 Å². The van der Waals surface area contributed by atoms with Crippen LogP contribution in [0.3, 0.4) is 0 Å². The lowest BCUT2D eigenvalue weighted by atomic mass is 9.99. The highest BCUT2D eigenvalue weighted by molar-refractivity contribution is 7.99. The zero-order chi connectivity index (χ0) is 25.5. The highest BCUT2D eigenvalue weighted by Gasteiger charge is 2.21. The molecule has 0 aliphatic rings. The number of aryl methyl sites for hydroxylation is 1. The van der Waals surface area contributed by atoms with Crippen molar-refractivity contribution in [2.45, 2.75) is 73.7 Å². The molecule has 4 aromatic rings. The molecule has 0 spiro atoms. The van der Waals surface area contributed by atoms with Crippen molar-refractivity contribution < 1.29 is 0 Å². The van der Waals surface area contributed by atoms with E-state index in [9.17, 15) is 0 Å².